The average Bonchev–Trinajstić information content (AvgIpc) is 3.03. The van der Waals surface area contributed by atoms with Crippen molar-refractivity contribution in [3.63, 3.8) is 0 Å². The molecule has 0 unspecified atom stereocenters. The summed E-state index contributed by atoms with van der Waals surface area (Å²) in [5, 5.41) is 0. The van der Waals surface area contributed by atoms with Gasteiger partial charge in [-0.3, -0.25) is 4.79 Å². The average molecular weight is 399 g/mol. The van der Waals surface area contributed by atoms with E-state index < -0.39 is 0 Å². The third kappa shape index (κ3) is 3.57. The number of carbonyl (C=O) groups is 1. The van der Waals surface area contributed by atoms with Gasteiger partial charge in [0.05, 0.1) is 0 Å². The lowest BCUT2D eigenvalue weighted by Gasteiger charge is -2.57. The highest BCUT2D eigenvalue weighted by Crippen LogP contribution is 2.66. The number of allylic oxidation sites excluding steroid dienone is 2. The van der Waals surface area contributed by atoms with Crippen molar-refractivity contribution in [1.82, 2.24) is 0 Å². The van der Waals surface area contributed by atoms with E-state index in [1.165, 1.54) is 44.9 Å². The van der Waals surface area contributed by atoms with Crippen molar-refractivity contribution in [3.8, 4) is 0 Å². The molecule has 1 heteroatoms. The highest BCUT2D eigenvalue weighted by atomic mass is 16.1. The van der Waals surface area contributed by atoms with Crippen molar-refractivity contribution < 1.29 is 4.79 Å². The first kappa shape index (κ1) is 21.6. The smallest absolute Gasteiger partial charge is 0.133 e. The van der Waals surface area contributed by atoms with Crippen LogP contribution in [-0.4, -0.2) is 5.78 Å². The summed E-state index contributed by atoms with van der Waals surface area (Å²) in [4.78, 5) is 12.1. The summed E-state index contributed by atoms with van der Waals surface area (Å²) in [7, 11) is 0. The van der Waals surface area contributed by atoms with Gasteiger partial charge in [-0.05, 0) is 90.8 Å². The van der Waals surface area contributed by atoms with Gasteiger partial charge < -0.3 is 0 Å². The van der Waals surface area contributed by atoms with E-state index in [-0.39, 0.29) is 0 Å². The minimum absolute atomic E-state index is 0.399. The second-order valence-electron chi connectivity index (χ2n) is 12.5. The van der Waals surface area contributed by atoms with Gasteiger partial charge >= 0.3 is 0 Å². The fourth-order valence-electron chi connectivity index (χ4n) is 8.34. The van der Waals surface area contributed by atoms with Gasteiger partial charge in [0.1, 0.15) is 5.78 Å². The Morgan fingerprint density at radius 3 is 2.41 bits per heavy atom. The van der Waals surface area contributed by atoms with Gasteiger partial charge in [0, 0.05) is 12.8 Å². The lowest BCUT2D eigenvalue weighted by atomic mass is 9.47. The van der Waals surface area contributed by atoms with Crippen molar-refractivity contribution in [2.45, 2.75) is 106 Å². The van der Waals surface area contributed by atoms with Gasteiger partial charge in [0.2, 0.25) is 0 Å². The Kier molecular flexibility index (Phi) is 5.84. The Morgan fingerprint density at radius 2 is 1.69 bits per heavy atom. The van der Waals surface area contributed by atoms with E-state index in [0.717, 1.165) is 54.8 Å². The highest BCUT2D eigenvalue weighted by Gasteiger charge is 2.58. The molecule has 4 rings (SSSR count). The van der Waals surface area contributed by atoms with Gasteiger partial charge in [-0.1, -0.05) is 66.0 Å². The molecule has 0 bridgehead atoms. The first-order valence-electron chi connectivity index (χ1n) is 12.9. The molecule has 0 saturated heterocycles. The Bertz CT molecular complexity index is 659. The summed E-state index contributed by atoms with van der Waals surface area (Å²) in [6.07, 6.45) is 15.1. The molecule has 3 saturated carbocycles. The lowest BCUT2D eigenvalue weighted by Crippen LogP contribution is -2.49. The van der Waals surface area contributed by atoms with Crippen LogP contribution >= 0.6 is 0 Å². The number of fused-ring (bicyclic) bond motifs is 5. The highest BCUT2D eigenvalue weighted by molar-refractivity contribution is 5.79. The lowest BCUT2D eigenvalue weighted by molar-refractivity contribution is -0.127. The van der Waals surface area contributed by atoms with Crippen LogP contribution in [0.15, 0.2) is 11.6 Å². The van der Waals surface area contributed by atoms with E-state index in [1.54, 1.807) is 0 Å². The summed E-state index contributed by atoms with van der Waals surface area (Å²) in [5.74, 6) is 6.17. The molecule has 0 heterocycles. The molecule has 0 aromatic rings. The normalized spacial score (nSPS) is 44.0. The van der Waals surface area contributed by atoms with Crippen LogP contribution in [0.5, 0.6) is 0 Å². The topological polar surface area (TPSA) is 17.1 Å². The molecular formula is C28H46O. The monoisotopic (exact) mass is 398 g/mol. The fraction of sp³-hybridized carbons (Fsp3) is 0.893. The molecule has 1 nitrogen and oxygen atoms in total. The minimum Gasteiger partial charge on any atom is -0.300 e. The molecular weight excluding hydrogens is 352 g/mol. The fourth-order valence-corrected chi connectivity index (χ4v) is 8.34. The molecule has 4 aliphatic carbocycles. The standard InChI is InChI=1S/C28H46O/c1-18(2)19(3)7-8-20(4)24-11-12-25-23-10-9-21-17-22(29)13-15-27(21,5)26(23)14-16-28(24,25)6/h10,18-21,24-26H,7-9,11-17H2,1-6H3/t19-,20+,21-,24+,25-,26-,27-,28+/m0/s1. The molecule has 29 heavy (non-hydrogen) atoms. The molecule has 0 N–H and O–H groups in total. The molecule has 4 aliphatic rings. The Hall–Kier alpha value is -0.590. The Balaban J connectivity index is 1.50. The Morgan fingerprint density at radius 1 is 0.966 bits per heavy atom. The van der Waals surface area contributed by atoms with Crippen LogP contribution in [0.2, 0.25) is 0 Å². The molecule has 164 valence electrons. The summed E-state index contributed by atoms with van der Waals surface area (Å²) in [6, 6.07) is 0. The second-order valence-corrected chi connectivity index (χ2v) is 12.5. The SMILES string of the molecule is CC(C)[C@@H](C)CC[C@@H](C)[C@H]1CC[C@H]2C3=CC[C@H]4CC(=O)CC[C@]4(C)[C@H]3CC[C@]12C. The van der Waals surface area contributed by atoms with Crippen molar-refractivity contribution in [1.29, 1.82) is 0 Å². The van der Waals surface area contributed by atoms with Gasteiger partial charge in [-0.25, -0.2) is 0 Å². The molecule has 0 aromatic heterocycles. The summed E-state index contributed by atoms with van der Waals surface area (Å²) in [5.41, 5.74) is 2.77. The van der Waals surface area contributed by atoms with Gasteiger partial charge in [-0.15, -0.1) is 0 Å². The number of carbonyl (C=O) groups excluding carboxylic acids is 1. The van der Waals surface area contributed by atoms with E-state index in [2.05, 4.69) is 47.6 Å². The van der Waals surface area contributed by atoms with Gasteiger partial charge in [0.15, 0.2) is 0 Å². The quantitative estimate of drug-likeness (QED) is 0.431. The third-order valence-corrected chi connectivity index (χ3v) is 10.9. The van der Waals surface area contributed by atoms with Crippen molar-refractivity contribution in [3.05, 3.63) is 11.6 Å². The van der Waals surface area contributed by atoms with E-state index >= 15 is 0 Å². The molecule has 0 spiro atoms. The number of ketones is 1. The van der Waals surface area contributed by atoms with Gasteiger partial charge in [-0.2, -0.15) is 0 Å². The molecule has 0 aliphatic heterocycles. The molecule has 8 atom stereocenters. The molecule has 0 radical (unpaired) electrons. The molecule has 3 fully saturated rings. The zero-order valence-corrected chi connectivity index (χ0v) is 20.1. The van der Waals surface area contributed by atoms with Crippen LogP contribution < -0.4 is 0 Å². The summed E-state index contributed by atoms with van der Waals surface area (Å²) < 4.78 is 0. The largest absolute Gasteiger partial charge is 0.300 e. The van der Waals surface area contributed by atoms with Crippen molar-refractivity contribution >= 4 is 5.78 Å². The predicted molar refractivity (Wildman–Crippen MR) is 123 cm³/mol. The number of hydrogen-bond donors (Lipinski definition) is 0. The van der Waals surface area contributed by atoms with Crippen LogP contribution in [0, 0.1) is 52.3 Å². The number of rotatable bonds is 5. The number of Topliss-reactive ketones (excluding diaryl/α,β-unsaturated/α-hetero) is 1. The van der Waals surface area contributed by atoms with Crippen LogP contribution in [0.25, 0.3) is 0 Å². The van der Waals surface area contributed by atoms with E-state index in [1.807, 2.05) is 5.57 Å². The number of hydrogen-bond acceptors (Lipinski definition) is 1. The maximum atomic E-state index is 12.1. The Labute approximate surface area is 180 Å². The van der Waals surface area contributed by atoms with Crippen molar-refractivity contribution in [2.75, 3.05) is 0 Å². The molecule has 0 aromatic carbocycles. The van der Waals surface area contributed by atoms with Crippen LogP contribution in [0.1, 0.15) is 106 Å². The predicted octanol–water partition coefficient (Wildman–Crippen LogP) is 7.84. The van der Waals surface area contributed by atoms with E-state index in [4.69, 9.17) is 0 Å². The van der Waals surface area contributed by atoms with Gasteiger partial charge in [0.25, 0.3) is 0 Å². The van der Waals surface area contributed by atoms with Crippen LogP contribution in [0.4, 0.5) is 0 Å². The van der Waals surface area contributed by atoms with E-state index in [0.29, 0.717) is 22.5 Å². The zero-order chi connectivity index (χ0) is 21.0. The zero-order valence-electron chi connectivity index (χ0n) is 20.1. The van der Waals surface area contributed by atoms with E-state index in [9.17, 15) is 4.79 Å². The minimum atomic E-state index is 0.399. The van der Waals surface area contributed by atoms with Crippen molar-refractivity contribution in [2.24, 2.45) is 52.3 Å². The van der Waals surface area contributed by atoms with Crippen LogP contribution in [-0.2, 0) is 4.79 Å². The maximum absolute atomic E-state index is 12.1. The second kappa shape index (κ2) is 7.83. The first-order valence-corrected chi connectivity index (χ1v) is 12.9. The third-order valence-electron chi connectivity index (χ3n) is 10.9. The summed E-state index contributed by atoms with van der Waals surface area (Å²) >= 11 is 0. The van der Waals surface area contributed by atoms with Crippen LogP contribution in [0.3, 0.4) is 0 Å². The molecule has 0 amide bonds. The summed E-state index contributed by atoms with van der Waals surface area (Å²) in [6.45, 7) is 15.0. The first-order chi connectivity index (χ1) is 13.7. The maximum Gasteiger partial charge on any atom is 0.133 e.